The van der Waals surface area contributed by atoms with Gasteiger partial charge in [-0.25, -0.2) is 4.79 Å². The standard InChI is InChI=1S/C24H39BN5O5.Ir/c1-22(2,3)33-21(31)26-10-8-9-11-32-17-14-30(15-17)19-13-16(12-18-20(19)28-29-27-18)25-34-23(4,5)24(6,7)35-25;/h12-13,17,28-29H,8-11,14-15H2,1-7H3,(H,26,31);/q-1;. The molecule has 1 radical (unpaired) electrons. The Morgan fingerprint density at radius 3 is 2.50 bits per heavy atom. The van der Waals surface area contributed by atoms with Gasteiger partial charge in [0.1, 0.15) is 5.60 Å². The summed E-state index contributed by atoms with van der Waals surface area (Å²) in [4.78, 5) is 14.0. The van der Waals surface area contributed by atoms with Gasteiger partial charge in [0.25, 0.3) is 0 Å². The summed E-state index contributed by atoms with van der Waals surface area (Å²) in [5.74, 6) is 0. The van der Waals surface area contributed by atoms with Crippen LogP contribution >= 0.6 is 0 Å². The Kier molecular flexibility index (Phi) is 8.90. The number of nitrogens with zero attached hydrogens (tertiary/aromatic N) is 2. The van der Waals surface area contributed by atoms with Crippen molar-refractivity contribution >= 4 is 35.7 Å². The molecule has 2 fully saturated rings. The topological polar surface area (TPSA) is 107 Å². The number of hydrogen-bond donors (Lipinski definition) is 3. The second-order valence-electron chi connectivity index (χ2n) is 11.4. The Hall–Kier alpha value is -1.56. The number of anilines is 2. The van der Waals surface area contributed by atoms with Crippen LogP contribution in [-0.2, 0) is 38.9 Å². The first kappa shape index (κ1) is 29.0. The number of alkyl carbamates (subject to hydrolysis) is 1. The third kappa shape index (κ3) is 6.65. The van der Waals surface area contributed by atoms with Crippen LogP contribution in [-0.4, -0.2) is 62.4 Å². The number of rotatable bonds is 8. The number of nitrogens with one attached hydrogen (secondary N) is 3. The van der Waals surface area contributed by atoms with Crippen LogP contribution in [0, 0.1) is 0 Å². The summed E-state index contributed by atoms with van der Waals surface area (Å²) in [6.45, 7) is 16.6. The molecule has 0 spiro atoms. The fraction of sp³-hybridized carbons (Fsp3) is 0.708. The van der Waals surface area contributed by atoms with E-state index in [2.05, 4.69) is 60.4 Å². The Balaban J connectivity index is 0.00000361. The van der Waals surface area contributed by atoms with Crippen molar-refractivity contribution in [1.82, 2.24) is 10.9 Å². The summed E-state index contributed by atoms with van der Waals surface area (Å²) in [6.07, 6.45) is 1.52. The van der Waals surface area contributed by atoms with Crippen LogP contribution in [0.4, 0.5) is 21.9 Å². The first-order chi connectivity index (χ1) is 16.3. The third-order valence-corrected chi connectivity index (χ3v) is 6.78. The molecule has 3 heterocycles. The number of fused-ring (bicyclic) bond motifs is 1. The molecule has 0 unspecified atom stereocenters. The molecule has 0 aliphatic carbocycles. The van der Waals surface area contributed by atoms with Crippen molar-refractivity contribution in [2.45, 2.75) is 84.2 Å². The van der Waals surface area contributed by atoms with E-state index >= 15 is 0 Å². The molecule has 0 aromatic heterocycles. The Bertz CT molecular complexity index is 920. The van der Waals surface area contributed by atoms with E-state index in [1.54, 1.807) is 0 Å². The minimum Gasteiger partial charge on any atom is -0.602 e. The van der Waals surface area contributed by atoms with Crippen LogP contribution in [0.25, 0.3) is 5.43 Å². The average molecular weight is 681 g/mol. The number of benzene rings is 1. The van der Waals surface area contributed by atoms with Crippen LogP contribution in [0.2, 0.25) is 0 Å². The molecule has 1 aromatic rings. The molecule has 3 N–H and O–H groups in total. The smallest absolute Gasteiger partial charge is 0.494 e. The first-order valence-corrected chi connectivity index (χ1v) is 12.4. The van der Waals surface area contributed by atoms with Gasteiger partial charge in [0.15, 0.2) is 0 Å². The van der Waals surface area contributed by atoms with E-state index in [0.29, 0.717) is 13.2 Å². The number of amides is 1. The molecule has 2 saturated heterocycles. The largest absolute Gasteiger partial charge is 0.602 e. The normalized spacial score (nSPS) is 20.1. The molecule has 1 amide bonds. The molecule has 10 nitrogen and oxygen atoms in total. The second-order valence-corrected chi connectivity index (χ2v) is 11.4. The molecule has 0 saturated carbocycles. The zero-order chi connectivity index (χ0) is 25.4. The van der Waals surface area contributed by atoms with Crippen molar-refractivity contribution in [3.8, 4) is 0 Å². The number of carbonyl (C=O) groups is 1. The number of carbonyl (C=O) groups excluding carboxylic acids is 1. The maximum Gasteiger partial charge on any atom is 0.494 e. The van der Waals surface area contributed by atoms with Crippen LogP contribution in [0.5, 0.6) is 0 Å². The van der Waals surface area contributed by atoms with E-state index in [1.165, 1.54) is 0 Å². The monoisotopic (exact) mass is 681 g/mol. The third-order valence-electron chi connectivity index (χ3n) is 6.78. The van der Waals surface area contributed by atoms with Crippen molar-refractivity contribution in [2.75, 3.05) is 36.6 Å². The van der Waals surface area contributed by atoms with Gasteiger partial charge in [0.05, 0.1) is 28.7 Å². The van der Waals surface area contributed by atoms with Crippen molar-refractivity contribution in [1.29, 1.82) is 0 Å². The SMILES string of the molecule is CC(C)(C)OC(=O)NCCCCOC1CN(c2cc(B3OC(C)(C)C(C)(C)O3)cc3c2NN[N-]3)C1.[Ir]. The zero-order valence-electron chi connectivity index (χ0n) is 22.3. The average Bonchev–Trinajstić information content (AvgIpc) is 3.25. The number of hydrazine groups is 1. The molecular formula is C24H39BIrN5O5-. The van der Waals surface area contributed by atoms with E-state index in [-0.39, 0.29) is 32.3 Å². The van der Waals surface area contributed by atoms with Gasteiger partial charge in [-0.2, -0.15) is 0 Å². The minimum absolute atomic E-state index is 0. The van der Waals surface area contributed by atoms with E-state index in [4.69, 9.17) is 18.8 Å². The molecule has 1 aromatic carbocycles. The van der Waals surface area contributed by atoms with Crippen molar-refractivity contribution < 1.29 is 43.7 Å². The van der Waals surface area contributed by atoms with Gasteiger partial charge in [-0.3, -0.25) is 0 Å². The van der Waals surface area contributed by atoms with E-state index in [1.807, 2.05) is 26.8 Å². The van der Waals surface area contributed by atoms with Crippen LogP contribution in [0.3, 0.4) is 0 Å². The van der Waals surface area contributed by atoms with Gasteiger partial charge in [0.2, 0.25) is 0 Å². The Morgan fingerprint density at radius 2 is 1.86 bits per heavy atom. The number of unbranched alkanes of at least 4 members (excludes halogenated alkanes) is 1. The predicted molar refractivity (Wildman–Crippen MR) is 137 cm³/mol. The van der Waals surface area contributed by atoms with Crippen molar-refractivity contribution in [3.63, 3.8) is 0 Å². The maximum absolute atomic E-state index is 11.7. The van der Waals surface area contributed by atoms with Crippen LogP contribution in [0.1, 0.15) is 61.3 Å². The van der Waals surface area contributed by atoms with E-state index < -0.39 is 23.9 Å². The van der Waals surface area contributed by atoms with Gasteiger partial charge in [-0.1, -0.05) is 6.07 Å². The van der Waals surface area contributed by atoms with Crippen molar-refractivity contribution in [2.24, 2.45) is 0 Å². The Labute approximate surface area is 228 Å². The van der Waals surface area contributed by atoms with Crippen LogP contribution < -0.4 is 26.6 Å². The molecule has 203 valence electrons. The second kappa shape index (κ2) is 11.0. The fourth-order valence-corrected chi connectivity index (χ4v) is 4.08. The molecule has 36 heavy (non-hydrogen) atoms. The summed E-state index contributed by atoms with van der Waals surface area (Å²) in [5, 5.41) is 2.78. The zero-order valence-corrected chi connectivity index (χ0v) is 24.7. The van der Waals surface area contributed by atoms with Gasteiger partial charge >= 0.3 is 13.2 Å². The van der Waals surface area contributed by atoms with Crippen LogP contribution in [0.15, 0.2) is 12.1 Å². The molecule has 12 heteroatoms. The fourth-order valence-electron chi connectivity index (χ4n) is 4.08. The van der Waals surface area contributed by atoms with Gasteiger partial charge < -0.3 is 45.4 Å². The van der Waals surface area contributed by atoms with Gasteiger partial charge in [-0.15, -0.1) is 5.69 Å². The summed E-state index contributed by atoms with van der Waals surface area (Å²) in [6, 6.07) is 4.13. The summed E-state index contributed by atoms with van der Waals surface area (Å²) in [5.41, 5.74) is 12.9. The van der Waals surface area contributed by atoms with Crippen molar-refractivity contribution in [3.05, 3.63) is 17.6 Å². The van der Waals surface area contributed by atoms with Gasteiger partial charge in [-0.05, 0) is 72.8 Å². The molecule has 0 atom stereocenters. The maximum atomic E-state index is 11.7. The summed E-state index contributed by atoms with van der Waals surface area (Å²) in [7, 11) is -0.442. The summed E-state index contributed by atoms with van der Waals surface area (Å²) >= 11 is 0. The number of hydrogen-bond acceptors (Lipinski definition) is 8. The molecule has 3 aliphatic heterocycles. The molecule has 0 bridgehead atoms. The molecular weight excluding hydrogens is 641 g/mol. The minimum atomic E-state index is -0.479. The van der Waals surface area contributed by atoms with Gasteiger partial charge in [0, 0.05) is 46.3 Å². The summed E-state index contributed by atoms with van der Waals surface area (Å²) < 4.78 is 23.8. The van der Waals surface area contributed by atoms with E-state index in [0.717, 1.165) is 48.5 Å². The quantitative estimate of drug-likeness (QED) is 0.284. The predicted octanol–water partition coefficient (Wildman–Crippen LogP) is 3.34. The molecule has 4 rings (SSSR count). The molecule has 3 aliphatic rings. The number of ether oxygens (including phenoxy) is 2. The first-order valence-electron chi connectivity index (χ1n) is 12.4. The van der Waals surface area contributed by atoms with E-state index in [9.17, 15) is 4.79 Å². The Morgan fingerprint density at radius 1 is 1.19 bits per heavy atom.